The summed E-state index contributed by atoms with van der Waals surface area (Å²) in [6.07, 6.45) is 6.83. The number of nitrogens with one attached hydrogen (secondary N) is 3. The Hall–Kier alpha value is -2.20. The zero-order chi connectivity index (χ0) is 20.8. The number of aliphatic imine (C=N–C) groups is 1. The smallest absolute Gasteiger partial charge is 0.191 e. The normalized spacial score (nSPS) is 16.6. The Morgan fingerprint density at radius 2 is 1.81 bits per heavy atom. The highest BCUT2D eigenvalue weighted by atomic mass is 127. The molecular formula is C23H32IN7. The van der Waals surface area contributed by atoms with Crippen LogP contribution in [0.15, 0.2) is 59.7 Å². The number of fused-ring (bicyclic) bond motifs is 1. The van der Waals surface area contributed by atoms with Gasteiger partial charge in [-0.05, 0) is 37.5 Å². The van der Waals surface area contributed by atoms with Crippen molar-refractivity contribution in [3.8, 4) is 0 Å². The third-order valence-corrected chi connectivity index (χ3v) is 6.00. The highest BCUT2D eigenvalue weighted by molar-refractivity contribution is 14.0. The van der Waals surface area contributed by atoms with Crippen LogP contribution >= 0.6 is 24.0 Å². The van der Waals surface area contributed by atoms with Gasteiger partial charge in [0.25, 0.3) is 0 Å². The summed E-state index contributed by atoms with van der Waals surface area (Å²) < 4.78 is 1.99. The highest BCUT2D eigenvalue weighted by Gasteiger charge is 2.35. The fraction of sp³-hybridized carbons (Fsp3) is 0.435. The van der Waals surface area contributed by atoms with Crippen LogP contribution in [0, 0.1) is 0 Å². The van der Waals surface area contributed by atoms with Crippen LogP contribution in [0.3, 0.4) is 0 Å². The van der Waals surface area contributed by atoms with Crippen LogP contribution in [-0.4, -0.2) is 39.7 Å². The first kappa shape index (κ1) is 23.5. The number of benzene rings is 1. The first-order chi connectivity index (χ1) is 14.7. The molecule has 1 aliphatic rings. The third-order valence-electron chi connectivity index (χ3n) is 6.00. The van der Waals surface area contributed by atoms with E-state index in [1.165, 1.54) is 31.2 Å². The lowest BCUT2D eigenvalue weighted by molar-refractivity contribution is 0.297. The Labute approximate surface area is 201 Å². The molecule has 7 nitrogen and oxygen atoms in total. The molecule has 31 heavy (non-hydrogen) atoms. The Morgan fingerprint density at radius 1 is 1.06 bits per heavy atom. The van der Waals surface area contributed by atoms with E-state index >= 15 is 0 Å². The van der Waals surface area contributed by atoms with Gasteiger partial charge in [-0.3, -0.25) is 9.39 Å². The molecule has 0 spiro atoms. The minimum absolute atomic E-state index is 0. The lowest BCUT2D eigenvalue weighted by Gasteiger charge is -2.34. The number of hydrogen-bond donors (Lipinski definition) is 3. The Kier molecular flexibility index (Phi) is 8.25. The predicted octanol–water partition coefficient (Wildman–Crippen LogP) is 3.68. The average molecular weight is 533 g/mol. The van der Waals surface area contributed by atoms with Gasteiger partial charge in [-0.2, -0.15) is 0 Å². The van der Waals surface area contributed by atoms with Gasteiger partial charge in [0.1, 0.15) is 0 Å². The second-order valence-corrected chi connectivity index (χ2v) is 8.09. The van der Waals surface area contributed by atoms with E-state index in [2.05, 4.69) is 68.4 Å². The molecule has 0 saturated heterocycles. The molecule has 1 aliphatic carbocycles. The minimum atomic E-state index is 0. The summed E-state index contributed by atoms with van der Waals surface area (Å²) in [6, 6.07) is 16.9. The van der Waals surface area contributed by atoms with Gasteiger partial charge in [-0.25, -0.2) is 0 Å². The monoisotopic (exact) mass is 533 g/mol. The molecule has 1 saturated carbocycles. The zero-order valence-corrected chi connectivity index (χ0v) is 20.5. The molecule has 166 valence electrons. The molecule has 1 aromatic carbocycles. The molecule has 1 fully saturated rings. The average Bonchev–Trinajstić information content (AvgIpc) is 3.42. The maximum Gasteiger partial charge on any atom is 0.191 e. The Morgan fingerprint density at radius 3 is 2.55 bits per heavy atom. The summed E-state index contributed by atoms with van der Waals surface area (Å²) in [7, 11) is 1.80. The summed E-state index contributed by atoms with van der Waals surface area (Å²) in [5.41, 5.74) is 2.25. The summed E-state index contributed by atoms with van der Waals surface area (Å²) in [5.74, 6) is 1.64. The van der Waals surface area contributed by atoms with Crippen molar-refractivity contribution in [2.24, 2.45) is 4.99 Å². The number of pyridine rings is 1. The SMILES string of the molecule is CN=C(NCc1nnc2ccccn12)NCC1(NC(C)c2ccccc2)CCCC1.I. The largest absolute Gasteiger partial charge is 0.355 e. The van der Waals surface area contributed by atoms with E-state index < -0.39 is 0 Å². The van der Waals surface area contributed by atoms with E-state index in [4.69, 9.17) is 0 Å². The molecule has 0 radical (unpaired) electrons. The van der Waals surface area contributed by atoms with Crippen molar-refractivity contribution < 1.29 is 0 Å². The molecule has 4 rings (SSSR count). The maximum atomic E-state index is 4.41. The molecule has 2 aromatic heterocycles. The molecular weight excluding hydrogens is 501 g/mol. The van der Waals surface area contributed by atoms with Crippen molar-refractivity contribution in [3.63, 3.8) is 0 Å². The van der Waals surface area contributed by atoms with Gasteiger partial charge in [0.15, 0.2) is 17.4 Å². The molecule has 1 unspecified atom stereocenters. The molecule has 1 atom stereocenters. The van der Waals surface area contributed by atoms with Crippen LogP contribution in [0.2, 0.25) is 0 Å². The standard InChI is InChI=1S/C23H31N7.HI/c1-18(19-10-4-3-5-11-19)27-23(13-7-8-14-23)17-26-22(24-2)25-16-21-29-28-20-12-6-9-15-30(20)21;/h3-6,9-12,15,18,27H,7-8,13-14,16-17H2,1-2H3,(H2,24,25,26);1H. The first-order valence-corrected chi connectivity index (χ1v) is 10.7. The van der Waals surface area contributed by atoms with Crippen molar-refractivity contribution in [1.82, 2.24) is 30.5 Å². The van der Waals surface area contributed by atoms with E-state index in [0.29, 0.717) is 12.6 Å². The van der Waals surface area contributed by atoms with Gasteiger partial charge in [0.05, 0.1) is 6.54 Å². The fourth-order valence-electron chi connectivity index (χ4n) is 4.36. The highest BCUT2D eigenvalue weighted by Crippen LogP contribution is 2.31. The Bertz CT molecular complexity index is 980. The van der Waals surface area contributed by atoms with Crippen LogP contribution in [0.5, 0.6) is 0 Å². The molecule has 0 amide bonds. The minimum Gasteiger partial charge on any atom is -0.355 e. The topological polar surface area (TPSA) is 78.6 Å². The lowest BCUT2D eigenvalue weighted by atomic mass is 9.94. The summed E-state index contributed by atoms with van der Waals surface area (Å²) in [5, 5.41) is 19.3. The van der Waals surface area contributed by atoms with E-state index in [-0.39, 0.29) is 29.5 Å². The van der Waals surface area contributed by atoms with Crippen LogP contribution in [-0.2, 0) is 6.54 Å². The van der Waals surface area contributed by atoms with E-state index in [1.807, 2.05) is 28.8 Å². The number of rotatable bonds is 7. The van der Waals surface area contributed by atoms with Crippen molar-refractivity contribution in [2.45, 2.75) is 50.7 Å². The predicted molar refractivity (Wildman–Crippen MR) is 136 cm³/mol. The van der Waals surface area contributed by atoms with Crippen LogP contribution < -0.4 is 16.0 Å². The zero-order valence-electron chi connectivity index (χ0n) is 18.2. The van der Waals surface area contributed by atoms with Crippen molar-refractivity contribution in [1.29, 1.82) is 0 Å². The van der Waals surface area contributed by atoms with E-state index in [0.717, 1.165) is 24.0 Å². The first-order valence-electron chi connectivity index (χ1n) is 10.7. The van der Waals surface area contributed by atoms with Gasteiger partial charge >= 0.3 is 0 Å². The molecule has 2 heterocycles. The number of guanidine groups is 1. The molecule has 3 N–H and O–H groups in total. The number of nitrogens with zero attached hydrogens (tertiary/aromatic N) is 4. The van der Waals surface area contributed by atoms with Gasteiger partial charge in [-0.1, -0.05) is 49.2 Å². The molecule has 0 bridgehead atoms. The van der Waals surface area contributed by atoms with E-state index in [9.17, 15) is 0 Å². The lowest BCUT2D eigenvalue weighted by Crippen LogP contribution is -2.54. The van der Waals surface area contributed by atoms with Crippen LogP contribution in [0.25, 0.3) is 5.65 Å². The third kappa shape index (κ3) is 5.74. The summed E-state index contributed by atoms with van der Waals surface area (Å²) >= 11 is 0. The summed E-state index contributed by atoms with van der Waals surface area (Å²) in [6.45, 7) is 3.65. The van der Waals surface area contributed by atoms with Gasteiger partial charge in [-0.15, -0.1) is 34.2 Å². The number of hydrogen-bond acceptors (Lipinski definition) is 4. The summed E-state index contributed by atoms with van der Waals surface area (Å²) in [4.78, 5) is 4.41. The maximum absolute atomic E-state index is 4.41. The molecule has 3 aromatic rings. The van der Waals surface area contributed by atoms with Crippen molar-refractivity contribution >= 4 is 35.6 Å². The van der Waals surface area contributed by atoms with Crippen molar-refractivity contribution in [2.75, 3.05) is 13.6 Å². The number of halogens is 1. The van der Waals surface area contributed by atoms with E-state index in [1.54, 1.807) is 7.05 Å². The molecule has 0 aliphatic heterocycles. The van der Waals surface area contributed by atoms with Crippen LogP contribution in [0.1, 0.15) is 50.0 Å². The fourth-order valence-corrected chi connectivity index (χ4v) is 4.36. The molecule has 8 heteroatoms. The van der Waals surface area contributed by atoms with Crippen molar-refractivity contribution in [3.05, 3.63) is 66.1 Å². The van der Waals surface area contributed by atoms with Crippen LogP contribution in [0.4, 0.5) is 0 Å². The van der Waals surface area contributed by atoms with Gasteiger partial charge in [0.2, 0.25) is 0 Å². The number of aromatic nitrogens is 3. The second-order valence-electron chi connectivity index (χ2n) is 8.09. The Balaban J connectivity index is 0.00000272. The van der Waals surface area contributed by atoms with Gasteiger partial charge < -0.3 is 16.0 Å². The van der Waals surface area contributed by atoms with Gasteiger partial charge in [0, 0.05) is 31.4 Å². The quantitative estimate of drug-likeness (QED) is 0.246. The second kappa shape index (κ2) is 10.9.